The third kappa shape index (κ3) is 3.00. The van der Waals surface area contributed by atoms with Gasteiger partial charge in [-0.2, -0.15) is 0 Å². The second-order valence-electron chi connectivity index (χ2n) is 4.66. The predicted molar refractivity (Wildman–Crippen MR) is 73.8 cm³/mol. The smallest absolute Gasteiger partial charge is 0.308 e. The fourth-order valence-corrected chi connectivity index (χ4v) is 3.15. The van der Waals surface area contributed by atoms with Crippen molar-refractivity contribution in [3.8, 4) is 0 Å². The molecular formula is C13H19NO4S. The van der Waals surface area contributed by atoms with Gasteiger partial charge in [0.25, 0.3) is 5.91 Å². The van der Waals surface area contributed by atoms with Gasteiger partial charge in [-0.1, -0.05) is 13.8 Å². The zero-order valence-electron chi connectivity index (χ0n) is 11.6. The van der Waals surface area contributed by atoms with Crippen LogP contribution < -0.4 is 0 Å². The zero-order valence-corrected chi connectivity index (χ0v) is 12.4. The number of likely N-dealkylation sites (N-methyl/N-ethyl adjacent to an activating group) is 1. The number of carboxylic acid groups (broad SMARTS) is 1. The van der Waals surface area contributed by atoms with Crippen molar-refractivity contribution in [2.45, 2.75) is 32.6 Å². The minimum absolute atomic E-state index is 0.139. The summed E-state index contributed by atoms with van der Waals surface area (Å²) in [6.45, 7) is 5.79. The largest absolute Gasteiger partial charge is 0.481 e. The Bertz CT molecular complexity index is 442. The Morgan fingerprint density at radius 2 is 2.00 bits per heavy atom. The summed E-state index contributed by atoms with van der Waals surface area (Å²) in [6.07, 6.45) is 1.43. The molecule has 19 heavy (non-hydrogen) atoms. The van der Waals surface area contributed by atoms with Crippen molar-refractivity contribution < 1.29 is 19.5 Å². The van der Waals surface area contributed by atoms with Crippen LogP contribution in [-0.4, -0.2) is 45.8 Å². The van der Waals surface area contributed by atoms with Gasteiger partial charge in [0.05, 0.1) is 6.42 Å². The van der Waals surface area contributed by atoms with Crippen LogP contribution in [0.4, 0.5) is 0 Å². The average Bonchev–Trinajstić information content (AvgIpc) is 2.60. The minimum atomic E-state index is -1.09. The topological polar surface area (TPSA) is 74.7 Å². The summed E-state index contributed by atoms with van der Waals surface area (Å²) in [5, 5.41) is 8.57. The summed E-state index contributed by atoms with van der Waals surface area (Å²) < 4.78 is 0. The molecule has 0 aromatic heterocycles. The van der Waals surface area contributed by atoms with E-state index in [1.165, 1.54) is 11.8 Å². The zero-order chi connectivity index (χ0) is 14.7. The summed E-state index contributed by atoms with van der Waals surface area (Å²) in [5.41, 5.74) is 0.518. The van der Waals surface area contributed by atoms with E-state index in [1.54, 1.807) is 18.7 Å². The highest BCUT2D eigenvalue weighted by Crippen LogP contribution is 2.35. The van der Waals surface area contributed by atoms with Gasteiger partial charge in [0.2, 0.25) is 0 Å². The predicted octanol–water partition coefficient (Wildman–Crippen LogP) is 1.53. The minimum Gasteiger partial charge on any atom is -0.481 e. The van der Waals surface area contributed by atoms with Gasteiger partial charge in [-0.05, 0) is 13.2 Å². The number of carbonyl (C=O) groups is 3. The van der Waals surface area contributed by atoms with E-state index in [2.05, 4.69) is 0 Å². The normalized spacial score (nSPS) is 19.5. The standard InChI is InChI=1S/C13H19NO4S/c1-5-14-12(18)8(6-9(15)16)10(13(14)19-4)11(17)7(2)3/h7,13H,5-6H2,1-4H3,(H,15,16)/t13-/m0/s1. The molecule has 0 radical (unpaired) electrons. The number of nitrogens with zero attached hydrogens (tertiary/aromatic N) is 1. The van der Waals surface area contributed by atoms with E-state index >= 15 is 0 Å². The van der Waals surface area contributed by atoms with Crippen LogP contribution in [0.3, 0.4) is 0 Å². The van der Waals surface area contributed by atoms with Crippen LogP contribution in [0.15, 0.2) is 11.1 Å². The van der Waals surface area contributed by atoms with Crippen LogP contribution in [0, 0.1) is 5.92 Å². The van der Waals surface area contributed by atoms with Gasteiger partial charge in [0.15, 0.2) is 5.78 Å². The number of hydrogen-bond donors (Lipinski definition) is 1. The molecule has 1 amide bonds. The van der Waals surface area contributed by atoms with Gasteiger partial charge in [0, 0.05) is 23.6 Å². The lowest BCUT2D eigenvalue weighted by Gasteiger charge is -2.24. The van der Waals surface area contributed by atoms with Crippen molar-refractivity contribution in [1.82, 2.24) is 4.90 Å². The summed E-state index contributed by atoms with van der Waals surface area (Å²) in [4.78, 5) is 36.9. The molecule has 0 aliphatic carbocycles. The first-order chi connectivity index (χ1) is 8.84. The third-order valence-corrected chi connectivity index (χ3v) is 3.99. The van der Waals surface area contributed by atoms with Crippen molar-refractivity contribution in [2.24, 2.45) is 5.92 Å². The van der Waals surface area contributed by atoms with Crippen molar-refractivity contribution in [3.05, 3.63) is 11.1 Å². The molecule has 0 spiro atoms. The fourth-order valence-electron chi connectivity index (χ4n) is 2.16. The first kappa shape index (κ1) is 15.8. The fraction of sp³-hybridized carbons (Fsp3) is 0.615. The number of rotatable bonds is 6. The molecule has 1 N–H and O–H groups in total. The number of carbonyl (C=O) groups excluding carboxylic acids is 2. The number of Topliss-reactive ketones (excluding diaryl/α,β-unsaturated/α-hetero) is 1. The Kier molecular flexibility index (Phi) is 5.17. The van der Waals surface area contributed by atoms with Gasteiger partial charge in [0.1, 0.15) is 5.37 Å². The Morgan fingerprint density at radius 1 is 1.42 bits per heavy atom. The lowest BCUT2D eigenvalue weighted by atomic mass is 9.96. The Hall–Kier alpha value is -1.30. The number of thioether (sulfide) groups is 1. The average molecular weight is 285 g/mol. The second-order valence-corrected chi connectivity index (χ2v) is 5.58. The number of aliphatic carboxylic acids is 1. The van der Waals surface area contributed by atoms with Crippen LogP contribution >= 0.6 is 11.8 Å². The maximum atomic E-state index is 12.3. The monoisotopic (exact) mass is 285 g/mol. The highest BCUT2D eigenvalue weighted by atomic mass is 32.2. The first-order valence-electron chi connectivity index (χ1n) is 6.17. The molecule has 1 atom stereocenters. The number of hydrogen-bond acceptors (Lipinski definition) is 4. The number of carboxylic acids is 1. The molecule has 1 heterocycles. The van der Waals surface area contributed by atoms with Crippen molar-refractivity contribution >= 4 is 29.4 Å². The molecule has 0 saturated carbocycles. The van der Waals surface area contributed by atoms with Gasteiger partial charge in [-0.3, -0.25) is 14.4 Å². The Balaban J connectivity index is 3.31. The summed E-state index contributed by atoms with van der Waals surface area (Å²) in [5.74, 6) is -1.80. The van der Waals surface area contributed by atoms with Crippen LogP contribution in [-0.2, 0) is 14.4 Å². The molecule has 0 aromatic carbocycles. The highest BCUT2D eigenvalue weighted by Gasteiger charge is 2.41. The Morgan fingerprint density at radius 3 is 2.37 bits per heavy atom. The Labute approximate surface area is 117 Å². The number of amides is 1. The van der Waals surface area contributed by atoms with Crippen molar-refractivity contribution in [2.75, 3.05) is 12.8 Å². The molecule has 1 rings (SSSR count). The van der Waals surface area contributed by atoms with E-state index in [1.807, 2.05) is 13.2 Å². The van der Waals surface area contributed by atoms with E-state index in [9.17, 15) is 14.4 Å². The van der Waals surface area contributed by atoms with E-state index in [0.29, 0.717) is 12.1 Å². The lowest BCUT2D eigenvalue weighted by molar-refractivity contribution is -0.137. The number of ketones is 1. The molecule has 6 heteroatoms. The highest BCUT2D eigenvalue weighted by molar-refractivity contribution is 7.99. The van der Waals surface area contributed by atoms with Crippen LogP contribution in [0.1, 0.15) is 27.2 Å². The summed E-state index contributed by atoms with van der Waals surface area (Å²) >= 11 is 1.39. The summed E-state index contributed by atoms with van der Waals surface area (Å²) in [7, 11) is 0. The van der Waals surface area contributed by atoms with Crippen molar-refractivity contribution in [3.63, 3.8) is 0 Å². The van der Waals surface area contributed by atoms with Gasteiger partial charge in [-0.25, -0.2) is 0 Å². The molecule has 0 aromatic rings. The van der Waals surface area contributed by atoms with E-state index in [0.717, 1.165) is 0 Å². The van der Waals surface area contributed by atoms with Gasteiger partial charge >= 0.3 is 5.97 Å². The molecule has 1 aliphatic rings. The van der Waals surface area contributed by atoms with Crippen LogP contribution in [0.5, 0.6) is 0 Å². The summed E-state index contributed by atoms with van der Waals surface area (Å²) in [6, 6.07) is 0. The third-order valence-electron chi connectivity index (χ3n) is 3.06. The first-order valence-corrected chi connectivity index (χ1v) is 7.46. The van der Waals surface area contributed by atoms with E-state index < -0.39 is 5.97 Å². The SMILES string of the molecule is CCN1C(=O)C(CC(=O)O)=C(C(=O)C(C)C)[C@@H]1SC. The van der Waals surface area contributed by atoms with E-state index in [-0.39, 0.29) is 35.0 Å². The molecule has 5 nitrogen and oxygen atoms in total. The van der Waals surface area contributed by atoms with Gasteiger partial charge < -0.3 is 10.0 Å². The second kappa shape index (κ2) is 6.23. The van der Waals surface area contributed by atoms with Crippen molar-refractivity contribution in [1.29, 1.82) is 0 Å². The molecule has 1 aliphatic heterocycles. The van der Waals surface area contributed by atoms with Crippen LogP contribution in [0.25, 0.3) is 0 Å². The molecule has 106 valence electrons. The van der Waals surface area contributed by atoms with E-state index in [4.69, 9.17) is 5.11 Å². The molecular weight excluding hydrogens is 266 g/mol. The maximum absolute atomic E-state index is 12.3. The molecule has 0 bridgehead atoms. The van der Waals surface area contributed by atoms with Gasteiger partial charge in [-0.15, -0.1) is 11.8 Å². The molecule has 0 unspecified atom stereocenters. The maximum Gasteiger partial charge on any atom is 0.308 e. The quantitative estimate of drug-likeness (QED) is 0.801. The lowest BCUT2D eigenvalue weighted by Crippen LogP contribution is -2.34. The van der Waals surface area contributed by atoms with Crippen LogP contribution in [0.2, 0.25) is 0 Å². The molecule has 0 saturated heterocycles. The molecule has 0 fully saturated rings.